The normalized spacial score (nSPS) is 14.7. The number of nitrogens with zero attached hydrogens (tertiary/aromatic N) is 1. The van der Waals surface area contributed by atoms with Gasteiger partial charge in [0, 0.05) is 25.8 Å². The van der Waals surface area contributed by atoms with Crippen LogP contribution in [-0.4, -0.2) is 42.0 Å². The van der Waals surface area contributed by atoms with Crippen molar-refractivity contribution in [2.24, 2.45) is 0 Å². The van der Waals surface area contributed by atoms with E-state index in [1.165, 1.54) is 0 Å². The van der Waals surface area contributed by atoms with Crippen LogP contribution in [0.5, 0.6) is 0 Å². The number of aryl methyl sites for hydroxylation is 1. The highest BCUT2D eigenvalue weighted by atomic mass is 35.5. The van der Waals surface area contributed by atoms with Gasteiger partial charge in [-0.25, -0.2) is 0 Å². The number of aromatic amines is 1. The predicted molar refractivity (Wildman–Crippen MR) is 67.8 cm³/mol. The number of pyridine rings is 1. The molecule has 5 nitrogen and oxygen atoms in total. The minimum Gasteiger partial charge on any atom is -0.336 e. The molecule has 0 bridgehead atoms. The molecule has 1 amide bonds. The molecule has 0 radical (unpaired) electrons. The van der Waals surface area contributed by atoms with Gasteiger partial charge in [0.05, 0.1) is 6.04 Å². The number of hydrogen-bond acceptors (Lipinski definition) is 3. The van der Waals surface area contributed by atoms with Crippen molar-refractivity contribution in [3.8, 4) is 0 Å². The van der Waals surface area contributed by atoms with E-state index in [0.29, 0.717) is 0 Å². The number of nitrogens with one attached hydrogen (secondary N) is 2. The highest BCUT2D eigenvalue weighted by molar-refractivity contribution is 5.94. The van der Waals surface area contributed by atoms with Gasteiger partial charge in [0.1, 0.15) is 5.56 Å². The summed E-state index contributed by atoms with van der Waals surface area (Å²) in [6, 6.07) is 3.52. The van der Waals surface area contributed by atoms with Crippen LogP contribution in [0.1, 0.15) is 16.1 Å². The van der Waals surface area contributed by atoms with E-state index in [4.69, 9.17) is 0 Å². The lowest BCUT2D eigenvalue weighted by molar-refractivity contribution is 0.0679. The lowest BCUT2D eigenvalue weighted by atomic mass is 10.1. The van der Waals surface area contributed by atoms with Gasteiger partial charge in [-0.1, -0.05) is 0 Å². The molecule has 1 aliphatic rings. The molecule has 1 saturated heterocycles. The van der Waals surface area contributed by atoms with Crippen molar-refractivity contribution in [1.82, 2.24) is 15.2 Å². The zero-order chi connectivity index (χ0) is 11.7. The molecule has 1 aromatic heterocycles. The molecule has 1 fully saturated rings. The molecule has 2 rings (SSSR count). The first-order valence-corrected chi connectivity index (χ1v) is 5.27. The Morgan fingerprint density at radius 2 is 2.06 bits per heavy atom. The van der Waals surface area contributed by atoms with Crippen LogP contribution < -0.4 is 10.9 Å². The van der Waals surface area contributed by atoms with Crippen LogP contribution in [0.3, 0.4) is 0 Å². The third-order valence-electron chi connectivity index (χ3n) is 2.91. The van der Waals surface area contributed by atoms with Crippen molar-refractivity contribution in [3.05, 3.63) is 33.7 Å². The number of aromatic nitrogens is 1. The van der Waals surface area contributed by atoms with Gasteiger partial charge in [-0.3, -0.25) is 9.59 Å². The summed E-state index contributed by atoms with van der Waals surface area (Å²) in [5, 5.41) is 3.09. The Balaban J connectivity index is 0.00000144. The van der Waals surface area contributed by atoms with Crippen LogP contribution in [0.25, 0.3) is 0 Å². The topological polar surface area (TPSA) is 65.2 Å². The van der Waals surface area contributed by atoms with Crippen LogP contribution in [0.15, 0.2) is 16.9 Å². The van der Waals surface area contributed by atoms with Crippen LogP contribution >= 0.6 is 12.4 Å². The number of rotatable bonds is 2. The summed E-state index contributed by atoms with van der Waals surface area (Å²) in [6.07, 6.45) is 0. The van der Waals surface area contributed by atoms with Gasteiger partial charge in [-0.15, -0.1) is 12.4 Å². The van der Waals surface area contributed by atoms with E-state index in [1.807, 2.05) is 0 Å². The van der Waals surface area contributed by atoms with E-state index in [0.717, 1.165) is 18.8 Å². The SMILES string of the molecule is Cc1ccc(C(=O)N(C)C2CNC2)c(=O)[nH]1.Cl. The Hall–Kier alpha value is -1.33. The highest BCUT2D eigenvalue weighted by Gasteiger charge is 2.27. The maximum absolute atomic E-state index is 12.0. The molecule has 0 saturated carbocycles. The Kier molecular flexibility index (Phi) is 4.31. The lowest BCUT2D eigenvalue weighted by Crippen LogP contribution is -2.57. The van der Waals surface area contributed by atoms with Crippen LogP contribution in [0.2, 0.25) is 0 Å². The minimum atomic E-state index is -0.316. The average molecular weight is 258 g/mol. The zero-order valence-electron chi connectivity index (χ0n) is 9.82. The van der Waals surface area contributed by atoms with Crippen molar-refractivity contribution in [2.75, 3.05) is 20.1 Å². The van der Waals surface area contributed by atoms with Crippen molar-refractivity contribution >= 4 is 18.3 Å². The molecule has 94 valence electrons. The first-order valence-electron chi connectivity index (χ1n) is 5.27. The second kappa shape index (κ2) is 5.33. The molecular formula is C11H16ClN3O2. The molecule has 0 spiro atoms. The molecule has 0 aromatic carbocycles. The number of H-pyrrole nitrogens is 1. The molecule has 6 heteroatoms. The highest BCUT2D eigenvalue weighted by Crippen LogP contribution is 2.06. The average Bonchev–Trinajstić information content (AvgIpc) is 2.14. The standard InChI is InChI=1S/C11H15N3O2.ClH/c1-7-3-4-9(10(15)13-7)11(16)14(2)8-5-12-6-8;/h3-4,8,12H,5-6H2,1-2H3,(H,13,15);1H. The first-order chi connectivity index (χ1) is 7.59. The number of hydrogen-bond donors (Lipinski definition) is 2. The number of carbonyl (C=O) groups excluding carboxylic acids is 1. The molecule has 2 heterocycles. The Morgan fingerprint density at radius 3 is 2.53 bits per heavy atom. The maximum Gasteiger partial charge on any atom is 0.260 e. The first kappa shape index (κ1) is 13.7. The van der Waals surface area contributed by atoms with Gasteiger partial charge >= 0.3 is 0 Å². The Labute approximate surface area is 106 Å². The third-order valence-corrected chi connectivity index (χ3v) is 2.91. The van der Waals surface area contributed by atoms with E-state index in [1.54, 1.807) is 31.0 Å². The van der Waals surface area contributed by atoms with Gasteiger partial charge in [0.15, 0.2) is 0 Å². The summed E-state index contributed by atoms with van der Waals surface area (Å²) in [7, 11) is 1.73. The summed E-state index contributed by atoms with van der Waals surface area (Å²) in [4.78, 5) is 27.8. The van der Waals surface area contributed by atoms with E-state index >= 15 is 0 Å². The second-order valence-corrected chi connectivity index (χ2v) is 4.11. The van der Waals surface area contributed by atoms with Crippen LogP contribution in [0, 0.1) is 6.92 Å². The van der Waals surface area contributed by atoms with Crippen molar-refractivity contribution in [1.29, 1.82) is 0 Å². The predicted octanol–water partition coefficient (Wildman–Crippen LogP) is 0.149. The van der Waals surface area contributed by atoms with Gasteiger partial charge < -0.3 is 15.2 Å². The van der Waals surface area contributed by atoms with E-state index in [9.17, 15) is 9.59 Å². The second-order valence-electron chi connectivity index (χ2n) is 4.11. The Morgan fingerprint density at radius 1 is 1.41 bits per heavy atom. The van der Waals surface area contributed by atoms with Crippen LogP contribution in [-0.2, 0) is 0 Å². The number of likely N-dealkylation sites (N-methyl/N-ethyl adjacent to an activating group) is 1. The molecular weight excluding hydrogens is 242 g/mol. The van der Waals surface area contributed by atoms with Crippen molar-refractivity contribution in [3.63, 3.8) is 0 Å². The third kappa shape index (κ3) is 2.68. The lowest BCUT2D eigenvalue weighted by Gasteiger charge is -2.35. The van der Waals surface area contributed by atoms with Crippen molar-refractivity contribution < 1.29 is 4.79 Å². The summed E-state index contributed by atoms with van der Waals surface area (Å²) < 4.78 is 0. The van der Waals surface area contributed by atoms with E-state index in [2.05, 4.69) is 10.3 Å². The summed E-state index contributed by atoms with van der Waals surface area (Å²) in [5.41, 5.74) is 0.652. The fourth-order valence-electron chi connectivity index (χ4n) is 1.64. The molecule has 1 aliphatic heterocycles. The van der Waals surface area contributed by atoms with E-state index < -0.39 is 0 Å². The van der Waals surface area contributed by atoms with Crippen LogP contribution in [0.4, 0.5) is 0 Å². The van der Waals surface area contributed by atoms with E-state index in [-0.39, 0.29) is 35.5 Å². The molecule has 0 unspecified atom stereocenters. The zero-order valence-corrected chi connectivity index (χ0v) is 10.6. The Bertz CT molecular complexity index is 468. The smallest absolute Gasteiger partial charge is 0.260 e. The van der Waals surface area contributed by atoms with Gasteiger partial charge in [-0.2, -0.15) is 0 Å². The minimum absolute atomic E-state index is 0. The fourth-order valence-corrected chi connectivity index (χ4v) is 1.64. The van der Waals surface area contributed by atoms with Gasteiger partial charge in [0.2, 0.25) is 0 Å². The molecule has 1 aromatic rings. The maximum atomic E-state index is 12.0. The molecule has 0 atom stereocenters. The summed E-state index contributed by atoms with van der Waals surface area (Å²) >= 11 is 0. The quantitative estimate of drug-likeness (QED) is 0.793. The monoisotopic (exact) mass is 257 g/mol. The van der Waals surface area contributed by atoms with Gasteiger partial charge in [0.25, 0.3) is 11.5 Å². The summed E-state index contributed by atoms with van der Waals surface area (Å²) in [6.45, 7) is 3.38. The molecule has 2 N–H and O–H groups in total. The summed E-state index contributed by atoms with van der Waals surface area (Å²) in [5.74, 6) is -0.215. The number of halogens is 1. The molecule has 0 aliphatic carbocycles. The van der Waals surface area contributed by atoms with Gasteiger partial charge in [-0.05, 0) is 19.1 Å². The molecule has 17 heavy (non-hydrogen) atoms. The number of carbonyl (C=O) groups is 1. The number of amides is 1. The fraction of sp³-hybridized carbons (Fsp3) is 0.455. The van der Waals surface area contributed by atoms with Crippen molar-refractivity contribution in [2.45, 2.75) is 13.0 Å². The largest absolute Gasteiger partial charge is 0.336 e.